The van der Waals surface area contributed by atoms with Crippen LogP contribution in [0.2, 0.25) is 0 Å². The lowest BCUT2D eigenvalue weighted by Gasteiger charge is -2.13. The van der Waals surface area contributed by atoms with Crippen LogP contribution in [0.1, 0.15) is 16.7 Å². The molecule has 0 unspecified atom stereocenters. The first-order valence-electron chi connectivity index (χ1n) is 8.00. The predicted octanol–water partition coefficient (Wildman–Crippen LogP) is 3.96. The van der Waals surface area contributed by atoms with Crippen LogP contribution in [0.3, 0.4) is 0 Å². The molecule has 1 aliphatic rings. The number of nitrogens with one attached hydrogen (secondary N) is 1. The maximum absolute atomic E-state index is 13.7. The molecule has 2 aromatic carbocycles. The first-order chi connectivity index (χ1) is 12.2. The molecule has 124 valence electrons. The van der Waals surface area contributed by atoms with E-state index in [1.165, 1.54) is 6.07 Å². The van der Waals surface area contributed by atoms with Gasteiger partial charge in [-0.1, -0.05) is 24.3 Å². The van der Waals surface area contributed by atoms with Crippen LogP contribution in [-0.2, 0) is 6.54 Å². The Balaban J connectivity index is 1.80. The Kier molecular flexibility index (Phi) is 4.07. The highest BCUT2D eigenvalue weighted by molar-refractivity contribution is 5.83. The fourth-order valence-electron chi connectivity index (χ4n) is 3.05. The Bertz CT molecular complexity index is 952. The zero-order chi connectivity index (χ0) is 17.2. The lowest BCUT2D eigenvalue weighted by atomic mass is 9.92. The van der Waals surface area contributed by atoms with Crippen molar-refractivity contribution in [1.29, 1.82) is 0 Å². The van der Waals surface area contributed by atoms with E-state index in [0.29, 0.717) is 18.7 Å². The van der Waals surface area contributed by atoms with Gasteiger partial charge in [0.15, 0.2) is 11.6 Å². The number of fused-ring (bicyclic) bond motifs is 1. The first kappa shape index (κ1) is 15.6. The molecular weight excluding hydrogens is 320 g/mol. The number of rotatable bonds is 2. The summed E-state index contributed by atoms with van der Waals surface area (Å²) in [5, 5.41) is 11.4. The minimum atomic E-state index is -0.840. The summed E-state index contributed by atoms with van der Waals surface area (Å²) in [6.07, 6.45) is 3.64. The maximum Gasteiger partial charge on any atom is 0.159 e. The molecule has 1 aliphatic heterocycles. The predicted molar refractivity (Wildman–Crippen MR) is 92.6 cm³/mol. The molecular formula is C20H15F2N3. The lowest BCUT2D eigenvalue weighted by Crippen LogP contribution is -2.11. The first-order valence-corrected chi connectivity index (χ1v) is 8.00. The van der Waals surface area contributed by atoms with Gasteiger partial charge >= 0.3 is 0 Å². The van der Waals surface area contributed by atoms with Crippen molar-refractivity contribution < 1.29 is 8.78 Å². The molecule has 0 radical (unpaired) electrons. The van der Waals surface area contributed by atoms with Crippen molar-refractivity contribution >= 4 is 5.57 Å². The normalized spacial score (nSPS) is 13.8. The number of halogens is 2. The van der Waals surface area contributed by atoms with E-state index in [4.69, 9.17) is 0 Å². The summed E-state index contributed by atoms with van der Waals surface area (Å²) >= 11 is 0. The number of aromatic nitrogens is 2. The minimum absolute atomic E-state index is 0.656. The fourth-order valence-corrected chi connectivity index (χ4v) is 3.05. The zero-order valence-corrected chi connectivity index (χ0v) is 13.3. The summed E-state index contributed by atoms with van der Waals surface area (Å²) in [4.78, 5) is 0. The van der Waals surface area contributed by atoms with Crippen molar-refractivity contribution in [2.45, 2.75) is 6.54 Å². The molecule has 4 rings (SSSR count). The summed E-state index contributed by atoms with van der Waals surface area (Å²) in [5.41, 5.74) is 5.41. The smallest absolute Gasteiger partial charge is 0.159 e. The average Bonchev–Trinajstić information content (AvgIpc) is 2.86. The second-order valence-electron chi connectivity index (χ2n) is 5.86. The van der Waals surface area contributed by atoms with E-state index in [2.05, 4.69) is 21.6 Å². The summed E-state index contributed by atoms with van der Waals surface area (Å²) in [6.45, 7) is 1.34. The lowest BCUT2D eigenvalue weighted by molar-refractivity contribution is 0.508. The van der Waals surface area contributed by atoms with Gasteiger partial charge < -0.3 is 5.32 Å². The Labute approximate surface area is 144 Å². The second kappa shape index (κ2) is 6.53. The second-order valence-corrected chi connectivity index (χ2v) is 5.86. The van der Waals surface area contributed by atoms with Crippen LogP contribution in [0.25, 0.3) is 16.8 Å². The molecule has 0 saturated carbocycles. The molecule has 5 heteroatoms. The molecule has 1 aromatic heterocycles. The molecule has 0 aliphatic carbocycles. The number of hydrogen-bond donors (Lipinski definition) is 1. The summed E-state index contributed by atoms with van der Waals surface area (Å²) in [6, 6.07) is 13.8. The maximum atomic E-state index is 13.7. The van der Waals surface area contributed by atoms with Crippen LogP contribution in [-0.4, -0.2) is 16.7 Å². The Morgan fingerprint density at radius 2 is 1.80 bits per heavy atom. The van der Waals surface area contributed by atoms with Gasteiger partial charge in [0.2, 0.25) is 0 Å². The summed E-state index contributed by atoms with van der Waals surface area (Å²) in [7, 11) is 0. The third kappa shape index (κ3) is 3.06. The third-order valence-electron chi connectivity index (χ3n) is 4.26. The van der Waals surface area contributed by atoms with Gasteiger partial charge in [0, 0.05) is 24.8 Å². The van der Waals surface area contributed by atoms with Gasteiger partial charge in [0.1, 0.15) is 0 Å². The number of nitrogens with zero attached hydrogens (tertiary/aromatic N) is 2. The van der Waals surface area contributed by atoms with E-state index in [1.54, 1.807) is 12.3 Å². The van der Waals surface area contributed by atoms with E-state index in [-0.39, 0.29) is 0 Å². The summed E-state index contributed by atoms with van der Waals surface area (Å²) in [5.74, 6) is -1.68. The molecule has 0 amide bonds. The molecule has 0 saturated heterocycles. The molecule has 2 heterocycles. The molecule has 0 spiro atoms. The van der Waals surface area contributed by atoms with E-state index in [9.17, 15) is 8.78 Å². The largest absolute Gasteiger partial charge is 0.309 e. The molecule has 0 atom stereocenters. The third-order valence-corrected chi connectivity index (χ3v) is 4.26. The monoisotopic (exact) mass is 335 g/mol. The zero-order valence-electron chi connectivity index (χ0n) is 13.3. The van der Waals surface area contributed by atoms with Crippen LogP contribution in [0.4, 0.5) is 8.78 Å². The van der Waals surface area contributed by atoms with Crippen molar-refractivity contribution in [3.8, 4) is 11.3 Å². The molecule has 3 aromatic rings. The van der Waals surface area contributed by atoms with E-state index < -0.39 is 11.6 Å². The molecule has 1 N–H and O–H groups in total. The highest BCUT2D eigenvalue weighted by Crippen LogP contribution is 2.31. The van der Waals surface area contributed by atoms with E-state index in [0.717, 1.165) is 34.0 Å². The number of hydrogen-bond acceptors (Lipinski definition) is 3. The van der Waals surface area contributed by atoms with Crippen molar-refractivity contribution in [3.63, 3.8) is 0 Å². The van der Waals surface area contributed by atoms with Crippen LogP contribution < -0.4 is 5.32 Å². The van der Waals surface area contributed by atoms with Crippen LogP contribution in [0.5, 0.6) is 0 Å². The van der Waals surface area contributed by atoms with Gasteiger partial charge in [-0.25, -0.2) is 8.78 Å². The molecule has 25 heavy (non-hydrogen) atoms. The molecule has 0 fully saturated rings. The van der Waals surface area contributed by atoms with Gasteiger partial charge in [0.25, 0.3) is 0 Å². The van der Waals surface area contributed by atoms with Crippen molar-refractivity contribution in [3.05, 3.63) is 89.1 Å². The number of benzene rings is 2. The van der Waals surface area contributed by atoms with Gasteiger partial charge in [-0.2, -0.15) is 10.2 Å². The van der Waals surface area contributed by atoms with E-state index >= 15 is 0 Å². The van der Waals surface area contributed by atoms with Gasteiger partial charge in [-0.3, -0.25) is 0 Å². The highest BCUT2D eigenvalue weighted by atomic mass is 19.2. The highest BCUT2D eigenvalue weighted by Gasteiger charge is 2.15. The van der Waals surface area contributed by atoms with Gasteiger partial charge in [-0.05, 0) is 52.6 Å². The topological polar surface area (TPSA) is 37.8 Å². The van der Waals surface area contributed by atoms with Crippen molar-refractivity contribution in [2.75, 3.05) is 6.54 Å². The fraction of sp³-hybridized carbons (Fsp3) is 0.100. The molecule has 0 bridgehead atoms. The van der Waals surface area contributed by atoms with Gasteiger partial charge in [0.05, 0.1) is 5.69 Å². The van der Waals surface area contributed by atoms with Gasteiger partial charge in [-0.15, -0.1) is 0 Å². The standard InChI is InChI=1S/C20H15F2N3/c21-18-6-4-13(11-19(18)22)17-7-9-23-12-15-10-14(3-5-16(15)17)20-2-1-8-24-25-20/h1-8,10-11,23H,9,12H2. The van der Waals surface area contributed by atoms with Crippen LogP contribution in [0.15, 0.2) is 60.8 Å². The van der Waals surface area contributed by atoms with Crippen LogP contribution >= 0.6 is 0 Å². The minimum Gasteiger partial charge on any atom is -0.309 e. The Morgan fingerprint density at radius 3 is 2.60 bits per heavy atom. The van der Waals surface area contributed by atoms with Crippen LogP contribution in [0, 0.1) is 11.6 Å². The average molecular weight is 335 g/mol. The Hall–Kier alpha value is -2.92. The van der Waals surface area contributed by atoms with Crippen molar-refractivity contribution in [2.24, 2.45) is 0 Å². The SMILES string of the molecule is Fc1ccc(C2=CCNCc3cc(-c4cccnn4)ccc32)cc1F. The quantitative estimate of drug-likeness (QED) is 0.770. The summed E-state index contributed by atoms with van der Waals surface area (Å²) < 4.78 is 26.9. The Morgan fingerprint density at radius 1 is 0.920 bits per heavy atom. The van der Waals surface area contributed by atoms with Crippen molar-refractivity contribution in [1.82, 2.24) is 15.5 Å². The molecule has 3 nitrogen and oxygen atoms in total. The van der Waals surface area contributed by atoms with E-state index in [1.807, 2.05) is 30.3 Å².